The van der Waals surface area contributed by atoms with Gasteiger partial charge in [-0.1, -0.05) is 0 Å². The van der Waals surface area contributed by atoms with Gasteiger partial charge in [0.05, 0.1) is 0 Å². The second-order valence-electron chi connectivity index (χ2n) is 3.04. The number of nitrogens with one attached hydrogen (secondary N) is 1. The maximum absolute atomic E-state index is 10.8. The number of carboxylic acid groups (broad SMARTS) is 1. The van der Waals surface area contributed by atoms with Gasteiger partial charge >= 0.3 is 5.97 Å². The largest absolute Gasteiger partial charge is 0.480 e. The minimum absolute atomic E-state index is 0.0787. The summed E-state index contributed by atoms with van der Waals surface area (Å²) < 4.78 is 0. The molecule has 1 heterocycles. The van der Waals surface area contributed by atoms with Crippen LogP contribution in [0.15, 0.2) is 0 Å². The van der Waals surface area contributed by atoms with E-state index in [1.165, 1.54) is 0 Å². The molecule has 1 unspecified atom stereocenters. The van der Waals surface area contributed by atoms with E-state index in [0.29, 0.717) is 19.4 Å². The minimum Gasteiger partial charge on any atom is -0.480 e. The molecule has 0 bridgehead atoms. The fourth-order valence-electron chi connectivity index (χ4n) is 1.49. The van der Waals surface area contributed by atoms with Gasteiger partial charge in [0, 0.05) is 32.6 Å². The Hall–Kier alpha value is -0.940. The maximum atomic E-state index is 10.8. The van der Waals surface area contributed by atoms with E-state index in [-0.39, 0.29) is 6.42 Å². The maximum Gasteiger partial charge on any atom is 0.321 e. The first-order valence-electron chi connectivity index (χ1n) is 4.37. The molecular weight excluding hydrogens is 172 g/mol. The van der Waals surface area contributed by atoms with Crippen LogP contribution in [0.3, 0.4) is 0 Å². The lowest BCUT2D eigenvalue weighted by atomic mass is 10.1. The standard InChI is InChI=1S/C8H14N2O3/c11-6-1-7(8(12)13)10-4-2-9-3-5-10/h6-7,9H,1-5H2,(H,12,13). The second kappa shape index (κ2) is 4.94. The molecule has 0 amide bonds. The van der Waals surface area contributed by atoms with Crippen LogP contribution in [0.25, 0.3) is 0 Å². The second-order valence-corrected chi connectivity index (χ2v) is 3.04. The van der Waals surface area contributed by atoms with E-state index < -0.39 is 12.0 Å². The first-order valence-corrected chi connectivity index (χ1v) is 4.37. The number of carboxylic acids is 1. The molecule has 1 saturated heterocycles. The molecule has 74 valence electrons. The summed E-state index contributed by atoms with van der Waals surface area (Å²) in [5, 5.41) is 12.0. The number of aliphatic carboxylic acids is 1. The average molecular weight is 186 g/mol. The van der Waals surface area contributed by atoms with Crippen LogP contribution in [-0.4, -0.2) is 54.5 Å². The van der Waals surface area contributed by atoms with Gasteiger partial charge in [-0.3, -0.25) is 9.69 Å². The molecule has 0 aromatic rings. The summed E-state index contributed by atoms with van der Waals surface area (Å²) >= 11 is 0. The van der Waals surface area contributed by atoms with E-state index in [9.17, 15) is 9.59 Å². The summed E-state index contributed by atoms with van der Waals surface area (Å²) in [6, 6.07) is -0.639. The van der Waals surface area contributed by atoms with E-state index in [4.69, 9.17) is 5.11 Å². The Morgan fingerprint density at radius 2 is 2.15 bits per heavy atom. The van der Waals surface area contributed by atoms with Crippen molar-refractivity contribution in [1.29, 1.82) is 0 Å². The number of aldehydes is 1. The monoisotopic (exact) mass is 186 g/mol. The lowest BCUT2D eigenvalue weighted by Crippen LogP contribution is -2.51. The van der Waals surface area contributed by atoms with E-state index in [1.54, 1.807) is 0 Å². The van der Waals surface area contributed by atoms with Crippen LogP contribution in [0.1, 0.15) is 6.42 Å². The van der Waals surface area contributed by atoms with Crippen molar-refractivity contribution in [3.63, 3.8) is 0 Å². The van der Waals surface area contributed by atoms with Crippen LogP contribution in [0.2, 0.25) is 0 Å². The molecule has 13 heavy (non-hydrogen) atoms. The van der Waals surface area contributed by atoms with Crippen molar-refractivity contribution in [2.75, 3.05) is 26.2 Å². The molecule has 1 aliphatic rings. The van der Waals surface area contributed by atoms with E-state index in [2.05, 4.69) is 5.32 Å². The van der Waals surface area contributed by atoms with Crippen molar-refractivity contribution in [3.8, 4) is 0 Å². The summed E-state index contributed by atoms with van der Waals surface area (Å²) in [6.45, 7) is 2.99. The van der Waals surface area contributed by atoms with Crippen molar-refractivity contribution in [2.24, 2.45) is 0 Å². The van der Waals surface area contributed by atoms with Crippen LogP contribution in [0.5, 0.6) is 0 Å². The average Bonchev–Trinajstić information content (AvgIpc) is 2.15. The highest BCUT2D eigenvalue weighted by Crippen LogP contribution is 2.04. The molecule has 0 aromatic carbocycles. The zero-order valence-electron chi connectivity index (χ0n) is 7.40. The SMILES string of the molecule is O=CCC(C(=O)O)N1CCNCC1. The topological polar surface area (TPSA) is 69.6 Å². The predicted octanol–water partition coefficient (Wildman–Crippen LogP) is -1.07. The van der Waals surface area contributed by atoms with Gasteiger partial charge < -0.3 is 15.2 Å². The number of piperazine rings is 1. The minimum atomic E-state index is -0.908. The molecule has 0 aliphatic carbocycles. The van der Waals surface area contributed by atoms with Gasteiger partial charge in [-0.2, -0.15) is 0 Å². The Bertz CT molecular complexity index is 190. The number of rotatable bonds is 4. The Morgan fingerprint density at radius 1 is 1.54 bits per heavy atom. The van der Waals surface area contributed by atoms with E-state index >= 15 is 0 Å². The van der Waals surface area contributed by atoms with Crippen molar-refractivity contribution in [2.45, 2.75) is 12.5 Å². The van der Waals surface area contributed by atoms with Crippen molar-refractivity contribution in [1.82, 2.24) is 10.2 Å². The molecule has 1 aliphatic heterocycles. The van der Waals surface area contributed by atoms with E-state index in [1.807, 2.05) is 4.90 Å². The van der Waals surface area contributed by atoms with Gasteiger partial charge in [-0.15, -0.1) is 0 Å². The first kappa shape index (κ1) is 10.1. The van der Waals surface area contributed by atoms with Crippen LogP contribution >= 0.6 is 0 Å². The third kappa shape index (κ3) is 2.78. The number of hydrogen-bond donors (Lipinski definition) is 2. The highest BCUT2D eigenvalue weighted by molar-refractivity contribution is 5.76. The van der Waals surface area contributed by atoms with Crippen molar-refractivity contribution >= 4 is 12.3 Å². The Balaban J connectivity index is 2.51. The Morgan fingerprint density at radius 3 is 2.62 bits per heavy atom. The van der Waals surface area contributed by atoms with Gasteiger partial charge in [0.15, 0.2) is 0 Å². The first-order chi connectivity index (χ1) is 6.25. The highest BCUT2D eigenvalue weighted by Gasteiger charge is 2.25. The number of hydrogen-bond acceptors (Lipinski definition) is 4. The molecule has 5 heteroatoms. The highest BCUT2D eigenvalue weighted by atomic mass is 16.4. The van der Waals surface area contributed by atoms with Crippen LogP contribution in [0.4, 0.5) is 0 Å². The lowest BCUT2D eigenvalue weighted by Gasteiger charge is -2.31. The van der Waals surface area contributed by atoms with Crippen molar-refractivity contribution < 1.29 is 14.7 Å². The van der Waals surface area contributed by atoms with Gasteiger partial charge in [-0.25, -0.2) is 0 Å². The quantitative estimate of drug-likeness (QED) is 0.547. The summed E-state index contributed by atoms with van der Waals surface area (Å²) in [7, 11) is 0. The molecule has 5 nitrogen and oxygen atoms in total. The van der Waals surface area contributed by atoms with Crippen LogP contribution < -0.4 is 5.32 Å². The molecule has 0 radical (unpaired) electrons. The Kier molecular flexibility index (Phi) is 3.85. The zero-order valence-corrected chi connectivity index (χ0v) is 7.40. The van der Waals surface area contributed by atoms with Gasteiger partial charge in [0.1, 0.15) is 12.3 Å². The van der Waals surface area contributed by atoms with Crippen LogP contribution in [0, 0.1) is 0 Å². The molecule has 1 rings (SSSR count). The zero-order chi connectivity index (χ0) is 9.68. The molecule has 2 N–H and O–H groups in total. The number of nitrogens with zero attached hydrogens (tertiary/aromatic N) is 1. The third-order valence-corrected chi connectivity index (χ3v) is 2.20. The van der Waals surface area contributed by atoms with E-state index in [0.717, 1.165) is 13.1 Å². The fourth-order valence-corrected chi connectivity index (χ4v) is 1.49. The van der Waals surface area contributed by atoms with Gasteiger partial charge in [0.25, 0.3) is 0 Å². The summed E-state index contributed by atoms with van der Waals surface area (Å²) in [5.41, 5.74) is 0. The smallest absolute Gasteiger partial charge is 0.321 e. The number of carbonyl (C=O) groups is 2. The molecule has 1 fully saturated rings. The Labute approximate surface area is 76.7 Å². The fraction of sp³-hybridized carbons (Fsp3) is 0.750. The normalized spacial score (nSPS) is 20.9. The summed E-state index contributed by atoms with van der Waals surface area (Å²) in [4.78, 5) is 22.9. The number of carbonyl (C=O) groups excluding carboxylic acids is 1. The molecule has 1 atom stereocenters. The summed E-state index contributed by atoms with van der Waals surface area (Å²) in [6.07, 6.45) is 0.746. The molecule has 0 saturated carbocycles. The molecular formula is C8H14N2O3. The van der Waals surface area contributed by atoms with Gasteiger partial charge in [-0.05, 0) is 0 Å². The molecule has 0 aromatic heterocycles. The summed E-state index contributed by atoms with van der Waals surface area (Å²) in [5.74, 6) is -0.908. The predicted molar refractivity (Wildman–Crippen MR) is 46.5 cm³/mol. The van der Waals surface area contributed by atoms with Crippen molar-refractivity contribution in [3.05, 3.63) is 0 Å². The third-order valence-electron chi connectivity index (χ3n) is 2.20. The molecule has 0 spiro atoms. The van der Waals surface area contributed by atoms with Crippen LogP contribution in [-0.2, 0) is 9.59 Å². The lowest BCUT2D eigenvalue weighted by molar-refractivity contribution is -0.144. The van der Waals surface area contributed by atoms with Gasteiger partial charge in [0.2, 0.25) is 0 Å².